The molecule has 2 fully saturated rings. The van der Waals surface area contributed by atoms with Gasteiger partial charge in [-0.3, -0.25) is 0 Å². The summed E-state index contributed by atoms with van der Waals surface area (Å²) >= 11 is 0. The van der Waals surface area contributed by atoms with Gasteiger partial charge in [-0.1, -0.05) is 25.9 Å². The Morgan fingerprint density at radius 1 is 1.14 bits per heavy atom. The molecule has 21 heavy (non-hydrogen) atoms. The molecule has 1 aromatic rings. The molecule has 2 aliphatic rings. The maximum atomic E-state index is 5.45. The summed E-state index contributed by atoms with van der Waals surface area (Å²) in [6.45, 7) is 9.27. The highest BCUT2D eigenvalue weighted by molar-refractivity contribution is 5.01. The van der Waals surface area contributed by atoms with Crippen molar-refractivity contribution in [2.75, 3.05) is 19.8 Å². The first-order valence-electron chi connectivity index (χ1n) is 8.18. The molecule has 0 amide bonds. The average Bonchev–Trinajstić information content (AvgIpc) is 2.97. The number of hydrogen-bond donors (Lipinski definition) is 1. The summed E-state index contributed by atoms with van der Waals surface area (Å²) in [5.74, 6) is 2.85. The maximum Gasteiger partial charge on any atom is 0.246 e. The zero-order valence-electron chi connectivity index (χ0n) is 13.4. The van der Waals surface area contributed by atoms with Crippen LogP contribution in [0.15, 0.2) is 4.52 Å². The lowest BCUT2D eigenvalue weighted by molar-refractivity contribution is 0.0659. The van der Waals surface area contributed by atoms with Gasteiger partial charge in [-0.15, -0.1) is 0 Å². The van der Waals surface area contributed by atoms with Crippen molar-refractivity contribution in [1.29, 1.82) is 0 Å². The molecule has 1 aromatic heterocycles. The SMILES string of the molecule is CC(C)(C)C1CCC(c2noc(C3COCCN3)n2)CC1. The van der Waals surface area contributed by atoms with Crippen molar-refractivity contribution >= 4 is 0 Å². The van der Waals surface area contributed by atoms with Gasteiger partial charge in [0.2, 0.25) is 5.89 Å². The van der Waals surface area contributed by atoms with E-state index in [9.17, 15) is 0 Å². The van der Waals surface area contributed by atoms with Crippen LogP contribution in [0.3, 0.4) is 0 Å². The van der Waals surface area contributed by atoms with Gasteiger partial charge in [-0.2, -0.15) is 4.98 Å². The Balaban J connectivity index is 1.60. The summed E-state index contributed by atoms with van der Waals surface area (Å²) in [6, 6.07) is 0.0610. The second kappa shape index (κ2) is 6.05. The van der Waals surface area contributed by atoms with Gasteiger partial charge in [0, 0.05) is 12.5 Å². The third-order valence-corrected chi connectivity index (χ3v) is 4.99. The first-order valence-corrected chi connectivity index (χ1v) is 8.18. The van der Waals surface area contributed by atoms with Crippen LogP contribution in [0.1, 0.15) is 70.1 Å². The summed E-state index contributed by atoms with van der Waals surface area (Å²) in [4.78, 5) is 4.62. The van der Waals surface area contributed by atoms with Crippen LogP contribution in [-0.4, -0.2) is 29.9 Å². The number of nitrogens with zero attached hydrogens (tertiary/aromatic N) is 2. The maximum absolute atomic E-state index is 5.45. The molecule has 1 aliphatic heterocycles. The van der Waals surface area contributed by atoms with E-state index in [2.05, 4.69) is 36.2 Å². The Morgan fingerprint density at radius 3 is 2.52 bits per heavy atom. The van der Waals surface area contributed by atoms with Gasteiger partial charge >= 0.3 is 0 Å². The number of nitrogens with one attached hydrogen (secondary N) is 1. The smallest absolute Gasteiger partial charge is 0.246 e. The first-order chi connectivity index (χ1) is 10.0. The molecular formula is C16H27N3O2. The van der Waals surface area contributed by atoms with Crippen LogP contribution in [0.5, 0.6) is 0 Å². The van der Waals surface area contributed by atoms with Crippen molar-refractivity contribution in [2.24, 2.45) is 11.3 Å². The fraction of sp³-hybridized carbons (Fsp3) is 0.875. The fourth-order valence-corrected chi connectivity index (χ4v) is 3.50. The molecule has 1 saturated heterocycles. The number of morpholine rings is 1. The monoisotopic (exact) mass is 293 g/mol. The molecule has 5 heteroatoms. The molecule has 0 bridgehead atoms. The van der Waals surface area contributed by atoms with Crippen LogP contribution in [0.25, 0.3) is 0 Å². The van der Waals surface area contributed by atoms with Crippen molar-refractivity contribution in [3.63, 3.8) is 0 Å². The lowest BCUT2D eigenvalue weighted by atomic mass is 9.70. The van der Waals surface area contributed by atoms with Crippen molar-refractivity contribution in [1.82, 2.24) is 15.5 Å². The summed E-state index contributed by atoms with van der Waals surface area (Å²) < 4.78 is 10.9. The van der Waals surface area contributed by atoms with E-state index < -0.39 is 0 Å². The Kier molecular flexibility index (Phi) is 4.31. The van der Waals surface area contributed by atoms with E-state index in [1.807, 2.05) is 0 Å². The Hall–Kier alpha value is -0.940. The summed E-state index contributed by atoms with van der Waals surface area (Å²) in [5, 5.41) is 7.58. The van der Waals surface area contributed by atoms with E-state index in [0.29, 0.717) is 23.8 Å². The molecule has 0 radical (unpaired) electrons. The molecule has 0 spiro atoms. The van der Waals surface area contributed by atoms with Crippen molar-refractivity contribution in [3.8, 4) is 0 Å². The standard InChI is InChI=1S/C16H27N3O2/c1-16(2,3)12-6-4-11(5-7-12)14-18-15(21-19-14)13-10-20-9-8-17-13/h11-13,17H,4-10H2,1-3H3. The third kappa shape index (κ3) is 3.46. The van der Waals surface area contributed by atoms with Gasteiger partial charge in [0.1, 0.15) is 6.04 Å². The van der Waals surface area contributed by atoms with Crippen LogP contribution in [0, 0.1) is 11.3 Å². The van der Waals surface area contributed by atoms with Gasteiger partial charge in [0.15, 0.2) is 5.82 Å². The third-order valence-electron chi connectivity index (χ3n) is 4.99. The van der Waals surface area contributed by atoms with Crippen LogP contribution < -0.4 is 5.32 Å². The van der Waals surface area contributed by atoms with Crippen LogP contribution in [0.4, 0.5) is 0 Å². The average molecular weight is 293 g/mol. The Bertz CT molecular complexity index is 452. The largest absolute Gasteiger partial charge is 0.378 e. The number of hydrogen-bond acceptors (Lipinski definition) is 5. The molecule has 1 saturated carbocycles. The van der Waals surface area contributed by atoms with Gasteiger partial charge in [0.05, 0.1) is 13.2 Å². The van der Waals surface area contributed by atoms with Crippen molar-refractivity contribution in [3.05, 3.63) is 11.7 Å². The van der Waals surface area contributed by atoms with E-state index in [0.717, 1.165) is 24.9 Å². The topological polar surface area (TPSA) is 60.2 Å². The molecule has 1 atom stereocenters. The predicted octanol–water partition coefficient (Wildman–Crippen LogP) is 3.05. The zero-order valence-corrected chi connectivity index (χ0v) is 13.4. The molecule has 3 rings (SSSR count). The van der Waals surface area contributed by atoms with Crippen LogP contribution in [-0.2, 0) is 4.74 Å². The second-order valence-electron chi connectivity index (χ2n) is 7.49. The lowest BCUT2D eigenvalue weighted by Gasteiger charge is -2.36. The number of ether oxygens (including phenoxy) is 1. The highest BCUT2D eigenvalue weighted by atomic mass is 16.5. The highest BCUT2D eigenvalue weighted by Gasteiger charge is 2.32. The van der Waals surface area contributed by atoms with Crippen LogP contribution in [0.2, 0.25) is 0 Å². The van der Waals surface area contributed by atoms with E-state index in [1.54, 1.807) is 0 Å². The zero-order chi connectivity index (χ0) is 14.9. The Morgan fingerprint density at radius 2 is 1.90 bits per heavy atom. The van der Waals surface area contributed by atoms with Gasteiger partial charge in [0.25, 0.3) is 0 Å². The second-order valence-corrected chi connectivity index (χ2v) is 7.49. The number of rotatable bonds is 2. The molecule has 0 aromatic carbocycles. The number of aromatic nitrogens is 2. The molecule has 1 unspecified atom stereocenters. The van der Waals surface area contributed by atoms with E-state index in [-0.39, 0.29) is 6.04 Å². The van der Waals surface area contributed by atoms with Crippen LogP contribution >= 0.6 is 0 Å². The summed E-state index contributed by atoms with van der Waals surface area (Å²) in [7, 11) is 0. The molecule has 118 valence electrons. The van der Waals surface area contributed by atoms with Crippen molar-refractivity contribution < 1.29 is 9.26 Å². The van der Waals surface area contributed by atoms with Gasteiger partial charge in [-0.05, 0) is 37.0 Å². The quantitative estimate of drug-likeness (QED) is 0.908. The minimum Gasteiger partial charge on any atom is -0.378 e. The Labute approximate surface area is 126 Å². The van der Waals surface area contributed by atoms with Gasteiger partial charge < -0.3 is 14.6 Å². The van der Waals surface area contributed by atoms with E-state index in [1.165, 1.54) is 25.7 Å². The molecule has 1 N–H and O–H groups in total. The normalized spacial score (nSPS) is 31.3. The van der Waals surface area contributed by atoms with Gasteiger partial charge in [-0.25, -0.2) is 0 Å². The minimum absolute atomic E-state index is 0.0610. The summed E-state index contributed by atoms with van der Waals surface area (Å²) in [6.07, 6.45) is 4.89. The highest BCUT2D eigenvalue weighted by Crippen LogP contribution is 2.42. The molecule has 2 heterocycles. The molecule has 5 nitrogen and oxygen atoms in total. The summed E-state index contributed by atoms with van der Waals surface area (Å²) in [5.41, 5.74) is 0.413. The van der Waals surface area contributed by atoms with E-state index >= 15 is 0 Å². The van der Waals surface area contributed by atoms with E-state index in [4.69, 9.17) is 9.26 Å². The minimum atomic E-state index is 0.0610. The fourth-order valence-electron chi connectivity index (χ4n) is 3.50. The molecular weight excluding hydrogens is 266 g/mol. The molecule has 1 aliphatic carbocycles. The lowest BCUT2D eigenvalue weighted by Crippen LogP contribution is -2.34. The predicted molar refractivity (Wildman–Crippen MR) is 80.0 cm³/mol. The van der Waals surface area contributed by atoms with Crippen molar-refractivity contribution in [2.45, 2.75) is 58.4 Å². The first kappa shape index (κ1) is 15.0.